The molecule has 0 aliphatic carbocycles. The van der Waals surface area contributed by atoms with Crippen LogP contribution in [0.25, 0.3) is 0 Å². The fourth-order valence-electron chi connectivity index (χ4n) is 1.31. The van der Waals surface area contributed by atoms with E-state index in [0.29, 0.717) is 6.04 Å². The van der Waals surface area contributed by atoms with Crippen LogP contribution in [0.1, 0.15) is 18.7 Å². The number of hydrogen-bond donors (Lipinski definition) is 1. The van der Waals surface area contributed by atoms with Crippen molar-refractivity contribution in [3.8, 4) is 0 Å². The maximum absolute atomic E-state index is 3.37. The number of rotatable bonds is 6. The lowest BCUT2D eigenvalue weighted by molar-refractivity contribution is 0.246. The Hall–Kier alpha value is -0.380. The molecule has 0 saturated carbocycles. The Bertz CT molecular complexity index is 233. The number of hydrogen-bond acceptors (Lipinski definition) is 3. The zero-order valence-electron chi connectivity index (χ0n) is 9.29. The van der Waals surface area contributed by atoms with E-state index < -0.39 is 0 Å². The van der Waals surface area contributed by atoms with Crippen LogP contribution < -0.4 is 5.32 Å². The molecule has 0 aliphatic rings. The maximum Gasteiger partial charge on any atom is 0.0328 e. The van der Waals surface area contributed by atoms with Crippen LogP contribution in [0.3, 0.4) is 0 Å². The fraction of sp³-hybridized carbons (Fsp3) is 0.636. The third-order valence-corrected chi connectivity index (χ3v) is 3.29. The van der Waals surface area contributed by atoms with Crippen LogP contribution in [0.4, 0.5) is 0 Å². The molecular formula is C11H20N2S. The monoisotopic (exact) mass is 212 g/mol. The van der Waals surface area contributed by atoms with Crippen molar-refractivity contribution in [1.82, 2.24) is 10.2 Å². The lowest BCUT2D eigenvalue weighted by Gasteiger charge is -2.24. The lowest BCUT2D eigenvalue weighted by atomic mass is 10.3. The van der Waals surface area contributed by atoms with E-state index in [4.69, 9.17) is 0 Å². The van der Waals surface area contributed by atoms with E-state index in [9.17, 15) is 0 Å². The third kappa shape index (κ3) is 3.78. The fourth-order valence-corrected chi connectivity index (χ4v) is 2.08. The topological polar surface area (TPSA) is 15.3 Å². The molecule has 1 N–H and O–H groups in total. The summed E-state index contributed by atoms with van der Waals surface area (Å²) in [4.78, 5) is 3.82. The minimum absolute atomic E-state index is 0.594. The average molecular weight is 212 g/mol. The van der Waals surface area contributed by atoms with Gasteiger partial charge in [-0.05, 0) is 32.0 Å². The molecule has 14 heavy (non-hydrogen) atoms. The Morgan fingerprint density at radius 3 is 2.93 bits per heavy atom. The summed E-state index contributed by atoms with van der Waals surface area (Å²) < 4.78 is 0. The molecule has 1 rings (SSSR count). The average Bonchev–Trinajstić information content (AvgIpc) is 2.66. The highest BCUT2D eigenvalue weighted by Gasteiger charge is 2.08. The highest BCUT2D eigenvalue weighted by Crippen LogP contribution is 2.11. The van der Waals surface area contributed by atoms with Gasteiger partial charge in [0.25, 0.3) is 0 Å². The Balaban J connectivity index is 2.30. The highest BCUT2D eigenvalue weighted by atomic mass is 32.1. The molecule has 0 bridgehead atoms. The largest absolute Gasteiger partial charge is 0.315 e. The van der Waals surface area contributed by atoms with Gasteiger partial charge in [-0.15, -0.1) is 11.3 Å². The molecule has 1 aromatic rings. The summed E-state index contributed by atoms with van der Waals surface area (Å²) in [5, 5.41) is 5.51. The molecule has 1 unspecified atom stereocenters. The van der Waals surface area contributed by atoms with Crippen LogP contribution >= 0.6 is 11.3 Å². The summed E-state index contributed by atoms with van der Waals surface area (Å²) in [5.74, 6) is 0. The van der Waals surface area contributed by atoms with Gasteiger partial charge in [0, 0.05) is 24.0 Å². The van der Waals surface area contributed by atoms with Gasteiger partial charge in [-0.3, -0.25) is 4.90 Å². The molecule has 1 aromatic heterocycles. The minimum Gasteiger partial charge on any atom is -0.315 e. The standard InChI is InChI=1S/C11H20N2S/c1-4-12-8-10(2)13(3)9-11-6-5-7-14-11/h5-7,10,12H,4,8-9H2,1-3H3. The molecule has 1 heterocycles. The van der Waals surface area contributed by atoms with E-state index >= 15 is 0 Å². The van der Waals surface area contributed by atoms with Crippen molar-refractivity contribution >= 4 is 11.3 Å². The molecule has 0 spiro atoms. The van der Waals surface area contributed by atoms with Gasteiger partial charge in [0.15, 0.2) is 0 Å². The molecule has 0 amide bonds. The summed E-state index contributed by atoms with van der Waals surface area (Å²) in [6.45, 7) is 7.59. The zero-order valence-corrected chi connectivity index (χ0v) is 10.1. The number of thiophene rings is 1. The molecule has 0 aromatic carbocycles. The Morgan fingerprint density at radius 1 is 1.57 bits per heavy atom. The van der Waals surface area contributed by atoms with Gasteiger partial charge in [0.1, 0.15) is 0 Å². The number of likely N-dealkylation sites (N-methyl/N-ethyl adjacent to an activating group) is 2. The first-order chi connectivity index (χ1) is 6.74. The van der Waals surface area contributed by atoms with Crippen molar-refractivity contribution in [2.45, 2.75) is 26.4 Å². The smallest absolute Gasteiger partial charge is 0.0328 e. The number of nitrogens with one attached hydrogen (secondary N) is 1. The minimum atomic E-state index is 0.594. The lowest BCUT2D eigenvalue weighted by Crippen LogP contribution is -2.37. The van der Waals surface area contributed by atoms with Crippen LogP contribution in [-0.4, -0.2) is 31.1 Å². The van der Waals surface area contributed by atoms with Gasteiger partial charge >= 0.3 is 0 Å². The van der Waals surface area contributed by atoms with E-state index in [1.807, 2.05) is 11.3 Å². The SMILES string of the molecule is CCNCC(C)N(C)Cc1cccs1. The zero-order chi connectivity index (χ0) is 10.4. The van der Waals surface area contributed by atoms with Gasteiger partial charge < -0.3 is 5.32 Å². The first kappa shape index (κ1) is 11.7. The van der Waals surface area contributed by atoms with Crippen LogP contribution in [-0.2, 0) is 6.54 Å². The summed E-state index contributed by atoms with van der Waals surface area (Å²) in [6.07, 6.45) is 0. The van der Waals surface area contributed by atoms with Crippen molar-refractivity contribution in [1.29, 1.82) is 0 Å². The second kappa shape index (κ2) is 6.17. The molecule has 1 atom stereocenters. The van der Waals surface area contributed by atoms with Gasteiger partial charge in [0.2, 0.25) is 0 Å². The predicted molar refractivity (Wildman–Crippen MR) is 63.8 cm³/mol. The Kier molecular flexibility index (Phi) is 5.15. The maximum atomic E-state index is 3.37. The van der Waals surface area contributed by atoms with Crippen LogP contribution in [0, 0.1) is 0 Å². The molecular weight excluding hydrogens is 192 g/mol. The van der Waals surface area contributed by atoms with E-state index in [2.05, 4.69) is 48.6 Å². The second-order valence-electron chi connectivity index (χ2n) is 3.65. The van der Waals surface area contributed by atoms with Gasteiger partial charge in [-0.1, -0.05) is 13.0 Å². The van der Waals surface area contributed by atoms with E-state index in [1.165, 1.54) is 4.88 Å². The second-order valence-corrected chi connectivity index (χ2v) is 4.68. The first-order valence-corrected chi connectivity index (χ1v) is 6.05. The van der Waals surface area contributed by atoms with Crippen LogP contribution in [0.5, 0.6) is 0 Å². The van der Waals surface area contributed by atoms with E-state index in [-0.39, 0.29) is 0 Å². The molecule has 0 radical (unpaired) electrons. The van der Waals surface area contributed by atoms with Crippen molar-refractivity contribution in [3.63, 3.8) is 0 Å². The predicted octanol–water partition coefficient (Wildman–Crippen LogP) is 2.18. The van der Waals surface area contributed by atoms with E-state index in [1.54, 1.807) is 0 Å². The van der Waals surface area contributed by atoms with Crippen LogP contribution in [0.15, 0.2) is 17.5 Å². The summed E-state index contributed by atoms with van der Waals surface area (Å²) >= 11 is 1.83. The Morgan fingerprint density at radius 2 is 2.36 bits per heavy atom. The van der Waals surface area contributed by atoms with Gasteiger partial charge in [-0.25, -0.2) is 0 Å². The Labute approximate surface area is 90.9 Å². The number of nitrogens with zero attached hydrogens (tertiary/aromatic N) is 1. The molecule has 80 valence electrons. The van der Waals surface area contributed by atoms with Crippen molar-refractivity contribution in [2.24, 2.45) is 0 Å². The molecule has 0 saturated heterocycles. The molecule has 0 aliphatic heterocycles. The van der Waals surface area contributed by atoms with Crippen molar-refractivity contribution < 1.29 is 0 Å². The van der Waals surface area contributed by atoms with Crippen molar-refractivity contribution in [3.05, 3.63) is 22.4 Å². The van der Waals surface area contributed by atoms with Gasteiger partial charge in [-0.2, -0.15) is 0 Å². The first-order valence-electron chi connectivity index (χ1n) is 5.17. The summed E-state index contributed by atoms with van der Waals surface area (Å²) in [7, 11) is 2.18. The quantitative estimate of drug-likeness (QED) is 0.777. The van der Waals surface area contributed by atoms with Gasteiger partial charge in [0.05, 0.1) is 0 Å². The highest BCUT2D eigenvalue weighted by molar-refractivity contribution is 7.09. The van der Waals surface area contributed by atoms with Crippen LogP contribution in [0.2, 0.25) is 0 Å². The van der Waals surface area contributed by atoms with E-state index in [0.717, 1.165) is 19.6 Å². The molecule has 3 heteroatoms. The summed E-state index contributed by atoms with van der Waals surface area (Å²) in [5.41, 5.74) is 0. The third-order valence-electron chi connectivity index (χ3n) is 2.43. The normalized spacial score (nSPS) is 13.4. The molecule has 0 fully saturated rings. The summed E-state index contributed by atoms with van der Waals surface area (Å²) in [6, 6.07) is 4.90. The van der Waals surface area contributed by atoms with Crippen molar-refractivity contribution in [2.75, 3.05) is 20.1 Å². The molecule has 2 nitrogen and oxygen atoms in total.